The number of alkyl halides is 1. The molecule has 0 radical (unpaired) electrons. The van der Waals surface area contributed by atoms with E-state index in [1.165, 1.54) is 0 Å². The number of carbonyl (C=O) groups excluding carboxylic acids is 1. The van der Waals surface area contributed by atoms with Crippen LogP contribution in [0.1, 0.15) is 13.3 Å². The highest BCUT2D eigenvalue weighted by molar-refractivity contribution is 9.10. The molecule has 4 heteroatoms. The van der Waals surface area contributed by atoms with E-state index in [1.807, 2.05) is 0 Å². The van der Waals surface area contributed by atoms with Gasteiger partial charge in [-0.3, -0.25) is 4.79 Å². The van der Waals surface area contributed by atoms with Crippen molar-refractivity contribution in [3.8, 4) is 0 Å². The van der Waals surface area contributed by atoms with Crippen LogP contribution in [0.4, 0.5) is 0 Å². The first-order chi connectivity index (χ1) is 4.61. The normalized spacial score (nSPS) is 35.7. The molecule has 3 atom stereocenters. The molecule has 1 aliphatic heterocycles. The zero-order chi connectivity index (χ0) is 7.72. The van der Waals surface area contributed by atoms with E-state index in [1.54, 1.807) is 6.92 Å². The molecule has 0 aliphatic carbocycles. The fourth-order valence-corrected chi connectivity index (χ4v) is 1.34. The van der Waals surface area contributed by atoms with E-state index < -0.39 is 6.10 Å². The van der Waals surface area contributed by atoms with E-state index in [0.29, 0.717) is 6.42 Å². The molecule has 0 amide bonds. The number of hydrogen-bond donors (Lipinski definition) is 1. The third kappa shape index (κ3) is 1.49. The molecule has 1 saturated heterocycles. The van der Waals surface area contributed by atoms with Crippen molar-refractivity contribution in [3.63, 3.8) is 0 Å². The summed E-state index contributed by atoms with van der Waals surface area (Å²) in [6, 6.07) is 0. The van der Waals surface area contributed by atoms with Crippen LogP contribution in [-0.4, -0.2) is 28.1 Å². The first-order valence-electron chi connectivity index (χ1n) is 3.14. The van der Waals surface area contributed by atoms with Crippen molar-refractivity contribution in [1.29, 1.82) is 0 Å². The Kier molecular flexibility index (Phi) is 2.31. The minimum absolute atomic E-state index is 0.230. The molecule has 0 aromatic heterocycles. The molecule has 3 nitrogen and oxygen atoms in total. The summed E-state index contributed by atoms with van der Waals surface area (Å²) in [4.78, 5) is 10.5. The van der Waals surface area contributed by atoms with E-state index in [2.05, 4.69) is 15.9 Å². The van der Waals surface area contributed by atoms with E-state index in [0.717, 1.165) is 0 Å². The van der Waals surface area contributed by atoms with Crippen LogP contribution < -0.4 is 0 Å². The highest BCUT2D eigenvalue weighted by Crippen LogP contribution is 2.23. The SMILES string of the molecule is CC(O)C1CC(Br)C(=O)O1. The first kappa shape index (κ1) is 8.01. The molecule has 3 unspecified atom stereocenters. The predicted molar refractivity (Wildman–Crippen MR) is 38.9 cm³/mol. The quantitative estimate of drug-likeness (QED) is 0.503. The van der Waals surface area contributed by atoms with Crippen LogP contribution in [0.15, 0.2) is 0 Å². The molecule has 1 fully saturated rings. The summed E-state index contributed by atoms with van der Waals surface area (Å²) in [5.41, 5.74) is 0. The molecule has 1 rings (SSSR count). The Labute approximate surface area is 67.5 Å². The molecule has 0 aromatic carbocycles. The summed E-state index contributed by atoms with van der Waals surface area (Å²) < 4.78 is 4.80. The highest BCUT2D eigenvalue weighted by atomic mass is 79.9. The number of esters is 1. The molecule has 0 aromatic rings. The average Bonchev–Trinajstić information content (AvgIpc) is 2.13. The van der Waals surface area contributed by atoms with Crippen LogP contribution in [-0.2, 0) is 9.53 Å². The predicted octanol–water partition coefficient (Wildman–Crippen LogP) is 0.446. The number of cyclic esters (lactones) is 1. The van der Waals surface area contributed by atoms with Gasteiger partial charge in [-0.1, -0.05) is 15.9 Å². The summed E-state index contributed by atoms with van der Waals surface area (Å²) in [6.07, 6.45) is -0.320. The molecule has 1 heterocycles. The Balaban J connectivity index is 2.49. The molecule has 10 heavy (non-hydrogen) atoms. The van der Waals surface area contributed by atoms with Gasteiger partial charge in [0.25, 0.3) is 0 Å². The molecular weight excluding hydrogens is 200 g/mol. The zero-order valence-electron chi connectivity index (χ0n) is 5.58. The number of aliphatic hydroxyl groups is 1. The Hall–Kier alpha value is -0.0900. The second-order valence-electron chi connectivity index (χ2n) is 2.42. The van der Waals surface area contributed by atoms with Gasteiger partial charge in [0.15, 0.2) is 0 Å². The van der Waals surface area contributed by atoms with E-state index in [9.17, 15) is 4.79 Å². The van der Waals surface area contributed by atoms with Gasteiger partial charge in [-0.05, 0) is 6.92 Å². The number of rotatable bonds is 1. The van der Waals surface area contributed by atoms with E-state index in [4.69, 9.17) is 9.84 Å². The number of halogens is 1. The standard InChI is InChI=1S/C6H9BrO3/c1-3(8)5-2-4(7)6(9)10-5/h3-5,8H,2H2,1H3. The minimum atomic E-state index is -0.563. The van der Waals surface area contributed by atoms with E-state index >= 15 is 0 Å². The topological polar surface area (TPSA) is 46.5 Å². The Bertz CT molecular complexity index is 146. The summed E-state index contributed by atoms with van der Waals surface area (Å²) in [5.74, 6) is -0.272. The lowest BCUT2D eigenvalue weighted by atomic mass is 10.1. The van der Waals surface area contributed by atoms with Crippen molar-refractivity contribution in [2.24, 2.45) is 0 Å². The fraction of sp³-hybridized carbons (Fsp3) is 0.833. The zero-order valence-corrected chi connectivity index (χ0v) is 7.17. The van der Waals surface area contributed by atoms with Crippen molar-refractivity contribution in [1.82, 2.24) is 0 Å². The lowest BCUT2D eigenvalue weighted by Gasteiger charge is -2.10. The maximum absolute atomic E-state index is 10.7. The Morgan fingerprint density at radius 2 is 2.50 bits per heavy atom. The van der Waals surface area contributed by atoms with Crippen molar-refractivity contribution < 1.29 is 14.6 Å². The number of aliphatic hydroxyl groups excluding tert-OH is 1. The van der Waals surface area contributed by atoms with Crippen molar-refractivity contribution in [2.45, 2.75) is 30.4 Å². The van der Waals surface area contributed by atoms with Gasteiger partial charge in [0.05, 0.1) is 6.10 Å². The molecule has 1 aliphatic rings. The third-order valence-corrected chi connectivity index (χ3v) is 2.25. The lowest BCUT2D eigenvalue weighted by molar-refractivity contribution is -0.144. The summed E-state index contributed by atoms with van der Waals surface area (Å²) >= 11 is 3.13. The fourth-order valence-electron chi connectivity index (χ4n) is 0.867. The maximum atomic E-state index is 10.7. The molecule has 0 bridgehead atoms. The summed E-state index contributed by atoms with van der Waals surface area (Å²) in [6.45, 7) is 1.61. The van der Waals surface area contributed by atoms with Crippen LogP contribution >= 0.6 is 15.9 Å². The van der Waals surface area contributed by atoms with Crippen LogP contribution in [0.25, 0.3) is 0 Å². The van der Waals surface area contributed by atoms with Gasteiger partial charge >= 0.3 is 5.97 Å². The van der Waals surface area contributed by atoms with E-state index in [-0.39, 0.29) is 16.9 Å². The van der Waals surface area contributed by atoms with Crippen LogP contribution in [0.5, 0.6) is 0 Å². The van der Waals surface area contributed by atoms with Gasteiger partial charge in [0.1, 0.15) is 10.9 Å². The van der Waals surface area contributed by atoms with Crippen molar-refractivity contribution in [3.05, 3.63) is 0 Å². The van der Waals surface area contributed by atoms with Crippen molar-refractivity contribution >= 4 is 21.9 Å². The third-order valence-electron chi connectivity index (χ3n) is 1.50. The van der Waals surface area contributed by atoms with Crippen LogP contribution in [0, 0.1) is 0 Å². The van der Waals surface area contributed by atoms with Gasteiger partial charge in [0.2, 0.25) is 0 Å². The Morgan fingerprint density at radius 3 is 2.70 bits per heavy atom. The van der Waals surface area contributed by atoms with Gasteiger partial charge in [0, 0.05) is 6.42 Å². The highest BCUT2D eigenvalue weighted by Gasteiger charge is 2.34. The second kappa shape index (κ2) is 2.88. The van der Waals surface area contributed by atoms with Gasteiger partial charge in [-0.15, -0.1) is 0 Å². The van der Waals surface area contributed by atoms with Gasteiger partial charge in [-0.2, -0.15) is 0 Å². The number of carbonyl (C=O) groups is 1. The first-order valence-corrected chi connectivity index (χ1v) is 4.05. The van der Waals surface area contributed by atoms with Gasteiger partial charge in [-0.25, -0.2) is 0 Å². The number of hydrogen-bond acceptors (Lipinski definition) is 3. The Morgan fingerprint density at radius 1 is 1.90 bits per heavy atom. The number of ether oxygens (including phenoxy) is 1. The summed E-state index contributed by atoms with van der Waals surface area (Å²) in [7, 11) is 0. The monoisotopic (exact) mass is 208 g/mol. The van der Waals surface area contributed by atoms with Crippen LogP contribution in [0.2, 0.25) is 0 Å². The van der Waals surface area contributed by atoms with Crippen LogP contribution in [0.3, 0.4) is 0 Å². The lowest BCUT2D eigenvalue weighted by Crippen LogP contribution is -2.21. The molecule has 0 saturated carbocycles. The largest absolute Gasteiger partial charge is 0.459 e. The maximum Gasteiger partial charge on any atom is 0.320 e. The smallest absolute Gasteiger partial charge is 0.320 e. The van der Waals surface area contributed by atoms with Crippen molar-refractivity contribution in [2.75, 3.05) is 0 Å². The minimum Gasteiger partial charge on any atom is -0.459 e. The summed E-state index contributed by atoms with van der Waals surface area (Å²) in [5, 5.41) is 8.99. The van der Waals surface area contributed by atoms with Gasteiger partial charge < -0.3 is 9.84 Å². The average molecular weight is 209 g/mol. The molecule has 0 spiro atoms. The molecule has 58 valence electrons. The molecular formula is C6H9BrO3. The molecule has 1 N–H and O–H groups in total. The second-order valence-corrected chi connectivity index (χ2v) is 3.52.